The Hall–Kier alpha value is -3.96. The molecule has 0 amide bonds. The molecule has 0 N–H and O–H groups in total. The van der Waals surface area contributed by atoms with E-state index in [4.69, 9.17) is 9.47 Å². The average molecular weight is 533 g/mol. The highest BCUT2D eigenvalue weighted by Crippen LogP contribution is 2.32. The first-order valence-electron chi connectivity index (χ1n) is 12.3. The SMILES string of the molecule is C[C@]1(COc2ccc(N3CCC(Cc4ccc(OC(F)(F)F)cc4)CC3)cc2)Cn2cc([N+](=O)[O-])nc2O1. The minimum atomic E-state index is -4.68. The van der Waals surface area contributed by atoms with Gasteiger partial charge in [0.25, 0.3) is 0 Å². The summed E-state index contributed by atoms with van der Waals surface area (Å²) in [4.78, 5) is 16.5. The normalized spacial score (nSPS) is 19.6. The molecule has 1 saturated heterocycles. The molecular formula is C26H27F3N4O5. The van der Waals surface area contributed by atoms with Gasteiger partial charge in [-0.2, -0.15) is 0 Å². The number of ether oxygens (including phenoxy) is 3. The standard InChI is InChI=1S/C26H27F3N4O5/c1-25(16-32-15-23(33(34)35)30-24(32)38-25)17-36-21-8-4-20(5-9-21)31-12-10-19(11-13-31)14-18-2-6-22(7-3-18)37-26(27,28)29/h2-9,15,19H,10-14,16-17H2,1H3/t25-/m1/s1. The zero-order valence-corrected chi connectivity index (χ0v) is 20.7. The van der Waals surface area contributed by atoms with E-state index in [2.05, 4.69) is 14.6 Å². The molecule has 0 aliphatic carbocycles. The van der Waals surface area contributed by atoms with Gasteiger partial charge in [-0.25, -0.2) is 0 Å². The first-order chi connectivity index (χ1) is 18.1. The number of nitro groups is 1. The van der Waals surface area contributed by atoms with Crippen molar-refractivity contribution in [3.63, 3.8) is 0 Å². The van der Waals surface area contributed by atoms with Crippen LogP contribution in [0.15, 0.2) is 54.7 Å². The lowest BCUT2D eigenvalue weighted by molar-refractivity contribution is -0.389. The van der Waals surface area contributed by atoms with E-state index < -0.39 is 16.9 Å². The Morgan fingerprint density at radius 1 is 1.11 bits per heavy atom. The van der Waals surface area contributed by atoms with Crippen LogP contribution >= 0.6 is 0 Å². The fourth-order valence-electron chi connectivity index (χ4n) is 4.90. The molecule has 38 heavy (non-hydrogen) atoms. The zero-order chi connectivity index (χ0) is 26.9. The molecule has 5 rings (SSSR count). The van der Waals surface area contributed by atoms with Crippen molar-refractivity contribution in [2.24, 2.45) is 5.92 Å². The summed E-state index contributed by atoms with van der Waals surface area (Å²) in [6.07, 6.45) is -0.522. The molecule has 9 nitrogen and oxygen atoms in total. The molecule has 12 heteroatoms. The van der Waals surface area contributed by atoms with E-state index in [9.17, 15) is 23.3 Å². The molecule has 0 unspecified atom stereocenters. The van der Waals surface area contributed by atoms with E-state index in [0.717, 1.165) is 43.6 Å². The molecule has 2 aliphatic rings. The number of aromatic nitrogens is 2. The van der Waals surface area contributed by atoms with E-state index in [-0.39, 0.29) is 24.2 Å². The third-order valence-corrected chi connectivity index (χ3v) is 6.80. The van der Waals surface area contributed by atoms with Gasteiger partial charge in [0.2, 0.25) is 0 Å². The Morgan fingerprint density at radius 3 is 2.37 bits per heavy atom. The van der Waals surface area contributed by atoms with Crippen LogP contribution in [0.3, 0.4) is 0 Å². The average Bonchev–Trinajstić information content (AvgIpc) is 3.40. The molecule has 1 fully saturated rings. The van der Waals surface area contributed by atoms with Gasteiger partial charge in [-0.1, -0.05) is 12.1 Å². The summed E-state index contributed by atoms with van der Waals surface area (Å²) in [6, 6.07) is 14.2. The van der Waals surface area contributed by atoms with Crippen molar-refractivity contribution in [1.29, 1.82) is 0 Å². The Bertz CT molecular complexity index is 1250. The Balaban J connectivity index is 1.07. The molecule has 0 spiro atoms. The number of anilines is 1. The van der Waals surface area contributed by atoms with Crippen LogP contribution in [-0.2, 0) is 13.0 Å². The topological polar surface area (TPSA) is 91.9 Å². The van der Waals surface area contributed by atoms with Crippen LogP contribution in [0.25, 0.3) is 0 Å². The fraction of sp³-hybridized carbons (Fsp3) is 0.423. The van der Waals surface area contributed by atoms with Gasteiger partial charge in [0.1, 0.15) is 24.3 Å². The van der Waals surface area contributed by atoms with Crippen molar-refractivity contribution >= 4 is 11.5 Å². The summed E-state index contributed by atoms with van der Waals surface area (Å²) < 4.78 is 54.3. The number of hydrogen-bond acceptors (Lipinski definition) is 7. The van der Waals surface area contributed by atoms with E-state index in [1.807, 2.05) is 31.2 Å². The maximum atomic E-state index is 12.3. The van der Waals surface area contributed by atoms with Gasteiger partial charge in [0.15, 0.2) is 5.60 Å². The van der Waals surface area contributed by atoms with Gasteiger partial charge in [-0.15, -0.1) is 13.2 Å². The van der Waals surface area contributed by atoms with Crippen molar-refractivity contribution < 1.29 is 32.3 Å². The number of benzene rings is 2. The lowest BCUT2D eigenvalue weighted by Gasteiger charge is -2.34. The van der Waals surface area contributed by atoms with Crippen LogP contribution in [-0.4, -0.2) is 46.1 Å². The largest absolute Gasteiger partial charge is 0.573 e. The van der Waals surface area contributed by atoms with Crippen LogP contribution in [0.5, 0.6) is 17.5 Å². The number of hydrogen-bond donors (Lipinski definition) is 0. The second-order valence-electron chi connectivity index (χ2n) is 9.93. The lowest BCUT2D eigenvalue weighted by Crippen LogP contribution is -2.38. The number of piperidine rings is 1. The molecule has 3 aromatic rings. The smallest absolute Gasteiger partial charge is 0.489 e. The molecule has 2 aromatic carbocycles. The number of imidazole rings is 1. The second kappa shape index (κ2) is 10.1. The van der Waals surface area contributed by atoms with E-state index in [0.29, 0.717) is 18.2 Å². The van der Waals surface area contributed by atoms with E-state index >= 15 is 0 Å². The molecule has 0 saturated carbocycles. The Kier molecular flexibility index (Phi) is 6.80. The number of fused-ring (bicyclic) bond motifs is 1. The summed E-state index contributed by atoms with van der Waals surface area (Å²) >= 11 is 0. The van der Waals surface area contributed by atoms with Gasteiger partial charge < -0.3 is 29.2 Å². The number of alkyl halides is 3. The van der Waals surface area contributed by atoms with Crippen LogP contribution < -0.4 is 19.1 Å². The number of rotatable bonds is 8. The molecular weight excluding hydrogens is 505 g/mol. The van der Waals surface area contributed by atoms with Gasteiger partial charge in [0.05, 0.1) is 6.54 Å². The molecule has 202 valence electrons. The van der Waals surface area contributed by atoms with E-state index in [1.54, 1.807) is 16.7 Å². The van der Waals surface area contributed by atoms with Gasteiger partial charge >= 0.3 is 18.2 Å². The molecule has 1 aromatic heterocycles. The maximum Gasteiger partial charge on any atom is 0.573 e. The third-order valence-electron chi connectivity index (χ3n) is 6.80. The number of halogens is 3. The Morgan fingerprint density at radius 2 is 1.76 bits per heavy atom. The quantitative estimate of drug-likeness (QED) is 0.284. The van der Waals surface area contributed by atoms with E-state index in [1.165, 1.54) is 18.3 Å². The predicted molar refractivity (Wildman–Crippen MR) is 132 cm³/mol. The molecule has 0 radical (unpaired) electrons. The van der Waals surface area contributed by atoms with Crippen molar-refractivity contribution in [2.45, 2.75) is 44.7 Å². The summed E-state index contributed by atoms with van der Waals surface area (Å²) in [5.41, 5.74) is 1.42. The van der Waals surface area contributed by atoms with Gasteiger partial charge in [-0.05, 0) is 79.0 Å². The minimum Gasteiger partial charge on any atom is -0.489 e. The summed E-state index contributed by atoms with van der Waals surface area (Å²) in [5, 5.41) is 10.9. The highest BCUT2D eigenvalue weighted by molar-refractivity contribution is 5.49. The molecule has 1 atom stereocenters. The van der Waals surface area contributed by atoms with Crippen molar-refractivity contribution in [1.82, 2.24) is 9.55 Å². The van der Waals surface area contributed by atoms with Crippen LogP contribution in [0.4, 0.5) is 24.7 Å². The molecule has 0 bridgehead atoms. The second-order valence-corrected chi connectivity index (χ2v) is 9.93. The first kappa shape index (κ1) is 25.7. The predicted octanol–water partition coefficient (Wildman–Crippen LogP) is 5.38. The van der Waals surface area contributed by atoms with Gasteiger partial charge in [0, 0.05) is 23.8 Å². The summed E-state index contributed by atoms with van der Waals surface area (Å²) in [5.74, 6) is 0.719. The lowest BCUT2D eigenvalue weighted by atomic mass is 9.90. The molecule has 3 heterocycles. The van der Waals surface area contributed by atoms with Crippen LogP contribution in [0, 0.1) is 16.0 Å². The monoisotopic (exact) mass is 532 g/mol. The molecule has 2 aliphatic heterocycles. The fourth-order valence-corrected chi connectivity index (χ4v) is 4.90. The summed E-state index contributed by atoms with van der Waals surface area (Å²) in [6.45, 7) is 4.32. The van der Waals surface area contributed by atoms with Crippen molar-refractivity contribution in [3.05, 3.63) is 70.4 Å². The Labute approximate surface area is 216 Å². The van der Waals surface area contributed by atoms with Crippen LogP contribution in [0.2, 0.25) is 0 Å². The summed E-state index contributed by atoms with van der Waals surface area (Å²) in [7, 11) is 0. The van der Waals surface area contributed by atoms with Crippen molar-refractivity contribution in [3.8, 4) is 17.5 Å². The number of nitrogens with zero attached hydrogens (tertiary/aromatic N) is 4. The zero-order valence-electron chi connectivity index (χ0n) is 20.7. The van der Waals surface area contributed by atoms with Crippen molar-refractivity contribution in [2.75, 3.05) is 24.6 Å². The minimum absolute atomic E-state index is 0.202. The highest BCUT2D eigenvalue weighted by Gasteiger charge is 2.41. The first-order valence-corrected chi connectivity index (χ1v) is 12.3. The van der Waals surface area contributed by atoms with Gasteiger partial charge in [-0.3, -0.25) is 4.57 Å². The third kappa shape index (κ3) is 6.12. The van der Waals surface area contributed by atoms with Crippen LogP contribution in [0.1, 0.15) is 25.3 Å². The maximum absolute atomic E-state index is 12.3. The highest BCUT2D eigenvalue weighted by atomic mass is 19.4.